The summed E-state index contributed by atoms with van der Waals surface area (Å²) in [5, 5.41) is 1.85. The quantitative estimate of drug-likeness (QED) is 0.732. The van der Waals surface area contributed by atoms with Crippen LogP contribution in [-0.4, -0.2) is 24.2 Å². The fourth-order valence-electron chi connectivity index (χ4n) is 2.01. The number of fused-ring (bicyclic) bond motifs is 1. The lowest BCUT2D eigenvalue weighted by Crippen LogP contribution is -1.98. The average Bonchev–Trinajstić information content (AvgIpc) is 2.89. The molecule has 0 aliphatic heterocycles. The first-order valence-electron chi connectivity index (χ1n) is 6.33. The van der Waals surface area contributed by atoms with Crippen LogP contribution in [0.4, 0.5) is 0 Å². The molecular weight excluding hydrogens is 272 g/mol. The molecule has 0 saturated carbocycles. The Morgan fingerprint density at radius 1 is 1.00 bits per heavy atom. The fraction of sp³-hybridized carbons (Fsp3) is 0.200. The number of aryl methyl sites for hydroxylation is 1. The minimum atomic E-state index is 0.151. The number of benzene rings is 1. The minimum absolute atomic E-state index is 0.151. The van der Waals surface area contributed by atoms with Gasteiger partial charge in [0.15, 0.2) is 0 Å². The molecule has 21 heavy (non-hydrogen) atoms. The molecule has 0 radical (unpaired) electrons. The van der Waals surface area contributed by atoms with E-state index in [0.29, 0.717) is 17.5 Å². The predicted molar refractivity (Wildman–Crippen MR) is 76.2 cm³/mol. The largest absolute Gasteiger partial charge is 0.481 e. The lowest BCUT2D eigenvalue weighted by atomic mass is 10.2. The number of rotatable bonds is 4. The standard InChI is InChI=1S/C15H14N2O4/c1-9-10-5-4-6-12(11(10)8-20-9)21-15-16-13(18-2)7-14(17-15)19-3/h4-8H,1-3H3. The summed E-state index contributed by atoms with van der Waals surface area (Å²) < 4.78 is 21.4. The van der Waals surface area contributed by atoms with Gasteiger partial charge in [-0.1, -0.05) is 12.1 Å². The smallest absolute Gasteiger partial charge is 0.328 e. The number of furan rings is 1. The van der Waals surface area contributed by atoms with E-state index in [9.17, 15) is 0 Å². The SMILES string of the molecule is COc1cc(OC)nc(Oc2cccc3c(C)occ23)n1. The molecule has 0 bridgehead atoms. The third-order valence-electron chi connectivity index (χ3n) is 3.08. The molecule has 1 aromatic carbocycles. The molecule has 0 atom stereocenters. The van der Waals surface area contributed by atoms with Gasteiger partial charge >= 0.3 is 6.01 Å². The number of aromatic nitrogens is 2. The highest BCUT2D eigenvalue weighted by Crippen LogP contribution is 2.32. The van der Waals surface area contributed by atoms with Crippen LogP contribution in [0.15, 0.2) is 34.9 Å². The summed E-state index contributed by atoms with van der Waals surface area (Å²) in [5.41, 5.74) is 0. The van der Waals surface area contributed by atoms with Crippen LogP contribution in [0.3, 0.4) is 0 Å². The monoisotopic (exact) mass is 286 g/mol. The first kappa shape index (κ1) is 13.2. The Hall–Kier alpha value is -2.76. The van der Waals surface area contributed by atoms with Crippen molar-refractivity contribution < 1.29 is 18.6 Å². The van der Waals surface area contributed by atoms with Gasteiger partial charge in [-0.05, 0) is 13.0 Å². The van der Waals surface area contributed by atoms with Crippen molar-refractivity contribution in [1.29, 1.82) is 0 Å². The van der Waals surface area contributed by atoms with E-state index in [-0.39, 0.29) is 6.01 Å². The van der Waals surface area contributed by atoms with Crippen LogP contribution < -0.4 is 14.2 Å². The third kappa shape index (κ3) is 2.47. The lowest BCUT2D eigenvalue weighted by Gasteiger charge is -2.08. The molecule has 2 aromatic heterocycles. The van der Waals surface area contributed by atoms with Gasteiger partial charge in [-0.3, -0.25) is 0 Å². The number of nitrogens with zero attached hydrogens (tertiary/aromatic N) is 2. The first-order chi connectivity index (χ1) is 10.2. The molecule has 3 rings (SSSR count). The van der Waals surface area contributed by atoms with E-state index >= 15 is 0 Å². The normalized spacial score (nSPS) is 10.6. The van der Waals surface area contributed by atoms with Gasteiger partial charge in [-0.2, -0.15) is 9.97 Å². The fourth-order valence-corrected chi connectivity index (χ4v) is 2.01. The molecule has 6 heteroatoms. The maximum atomic E-state index is 5.75. The summed E-state index contributed by atoms with van der Waals surface area (Å²) in [6.07, 6.45) is 1.65. The van der Waals surface area contributed by atoms with Crippen LogP contribution >= 0.6 is 0 Å². The highest BCUT2D eigenvalue weighted by atomic mass is 16.5. The summed E-state index contributed by atoms with van der Waals surface area (Å²) in [6.45, 7) is 1.90. The Labute approximate surface area is 121 Å². The number of methoxy groups -OCH3 is 2. The average molecular weight is 286 g/mol. The molecule has 108 valence electrons. The summed E-state index contributed by atoms with van der Waals surface area (Å²) in [6, 6.07) is 7.41. The highest BCUT2D eigenvalue weighted by Gasteiger charge is 2.12. The Morgan fingerprint density at radius 3 is 2.38 bits per heavy atom. The van der Waals surface area contributed by atoms with Gasteiger partial charge in [0.1, 0.15) is 17.8 Å². The maximum Gasteiger partial charge on any atom is 0.328 e. The van der Waals surface area contributed by atoms with E-state index in [4.69, 9.17) is 18.6 Å². The van der Waals surface area contributed by atoms with E-state index in [0.717, 1.165) is 16.5 Å². The number of ether oxygens (including phenoxy) is 3. The minimum Gasteiger partial charge on any atom is -0.481 e. The van der Waals surface area contributed by atoms with Crippen LogP contribution in [-0.2, 0) is 0 Å². The van der Waals surface area contributed by atoms with E-state index in [1.807, 2.05) is 25.1 Å². The predicted octanol–water partition coefficient (Wildman–Crippen LogP) is 3.34. The van der Waals surface area contributed by atoms with Crippen LogP contribution in [0, 0.1) is 6.92 Å². The summed E-state index contributed by atoms with van der Waals surface area (Å²) >= 11 is 0. The molecule has 0 aliphatic carbocycles. The topological polar surface area (TPSA) is 66.6 Å². The van der Waals surface area contributed by atoms with Gasteiger partial charge in [-0.25, -0.2) is 0 Å². The lowest BCUT2D eigenvalue weighted by molar-refractivity contribution is 0.349. The van der Waals surface area contributed by atoms with Gasteiger partial charge in [0.25, 0.3) is 0 Å². The first-order valence-corrected chi connectivity index (χ1v) is 6.33. The summed E-state index contributed by atoms with van der Waals surface area (Å²) in [4.78, 5) is 8.29. The van der Waals surface area contributed by atoms with Crippen molar-refractivity contribution in [3.63, 3.8) is 0 Å². The number of hydrogen-bond donors (Lipinski definition) is 0. The van der Waals surface area contributed by atoms with Crippen molar-refractivity contribution in [3.8, 4) is 23.5 Å². The Balaban J connectivity index is 2.02. The Bertz CT molecular complexity index is 760. The molecular formula is C15H14N2O4. The zero-order valence-electron chi connectivity index (χ0n) is 11.9. The van der Waals surface area contributed by atoms with Crippen LogP contribution in [0.1, 0.15) is 5.76 Å². The zero-order chi connectivity index (χ0) is 14.8. The van der Waals surface area contributed by atoms with Crippen molar-refractivity contribution in [1.82, 2.24) is 9.97 Å². The van der Waals surface area contributed by atoms with Crippen molar-refractivity contribution in [2.24, 2.45) is 0 Å². The molecule has 0 amide bonds. The Morgan fingerprint density at radius 2 is 1.71 bits per heavy atom. The van der Waals surface area contributed by atoms with E-state index in [1.165, 1.54) is 14.2 Å². The van der Waals surface area contributed by atoms with Crippen molar-refractivity contribution in [2.75, 3.05) is 14.2 Å². The van der Waals surface area contributed by atoms with Gasteiger partial charge in [0, 0.05) is 5.39 Å². The second-order valence-corrected chi connectivity index (χ2v) is 4.35. The molecule has 0 aliphatic rings. The molecule has 6 nitrogen and oxygen atoms in total. The summed E-state index contributed by atoms with van der Waals surface area (Å²) in [7, 11) is 3.04. The number of hydrogen-bond acceptors (Lipinski definition) is 6. The molecule has 0 unspecified atom stereocenters. The van der Waals surface area contributed by atoms with Gasteiger partial charge in [0.05, 0.1) is 25.7 Å². The molecule has 3 aromatic rings. The van der Waals surface area contributed by atoms with Crippen LogP contribution in [0.5, 0.6) is 23.5 Å². The molecule has 0 spiro atoms. The van der Waals surface area contributed by atoms with Gasteiger partial charge in [-0.15, -0.1) is 0 Å². The molecule has 0 N–H and O–H groups in total. The van der Waals surface area contributed by atoms with E-state index < -0.39 is 0 Å². The summed E-state index contributed by atoms with van der Waals surface area (Å²) in [5.74, 6) is 2.18. The third-order valence-corrected chi connectivity index (χ3v) is 3.08. The van der Waals surface area contributed by atoms with Crippen molar-refractivity contribution in [3.05, 3.63) is 36.3 Å². The van der Waals surface area contributed by atoms with E-state index in [1.54, 1.807) is 12.3 Å². The highest BCUT2D eigenvalue weighted by molar-refractivity contribution is 5.89. The van der Waals surface area contributed by atoms with Crippen LogP contribution in [0.2, 0.25) is 0 Å². The van der Waals surface area contributed by atoms with E-state index in [2.05, 4.69) is 9.97 Å². The Kier molecular flexibility index (Phi) is 3.35. The molecule has 0 fully saturated rings. The van der Waals surface area contributed by atoms with Crippen molar-refractivity contribution >= 4 is 10.8 Å². The van der Waals surface area contributed by atoms with Gasteiger partial charge in [0.2, 0.25) is 11.8 Å². The van der Waals surface area contributed by atoms with Crippen molar-refractivity contribution in [2.45, 2.75) is 6.92 Å². The second kappa shape index (κ2) is 5.32. The molecule has 0 saturated heterocycles. The maximum absolute atomic E-state index is 5.75. The molecule has 2 heterocycles. The second-order valence-electron chi connectivity index (χ2n) is 4.35. The zero-order valence-corrected chi connectivity index (χ0v) is 11.9. The van der Waals surface area contributed by atoms with Gasteiger partial charge < -0.3 is 18.6 Å². The van der Waals surface area contributed by atoms with Crippen LogP contribution in [0.25, 0.3) is 10.8 Å².